The molecule has 0 fully saturated rings. The second-order valence-electron chi connectivity index (χ2n) is 8.08. The van der Waals surface area contributed by atoms with E-state index in [1.54, 1.807) is 7.11 Å². The van der Waals surface area contributed by atoms with Crippen LogP contribution in [0.1, 0.15) is 11.1 Å². The van der Waals surface area contributed by atoms with Crippen molar-refractivity contribution in [2.24, 2.45) is 4.99 Å². The van der Waals surface area contributed by atoms with Gasteiger partial charge in [-0.2, -0.15) is 0 Å². The number of hydrogen-bond acceptors (Lipinski definition) is 4. The second-order valence-corrected chi connectivity index (χ2v) is 8.08. The number of rotatable bonds is 6. The molecular weight excluding hydrogens is 398 g/mol. The molecule has 5 heteroatoms. The summed E-state index contributed by atoms with van der Waals surface area (Å²) in [5.74, 6) is 1.57. The van der Waals surface area contributed by atoms with Crippen molar-refractivity contribution >= 4 is 17.3 Å². The van der Waals surface area contributed by atoms with Crippen molar-refractivity contribution in [2.75, 3.05) is 25.2 Å². The van der Waals surface area contributed by atoms with E-state index < -0.39 is 0 Å². The fourth-order valence-corrected chi connectivity index (χ4v) is 4.29. The summed E-state index contributed by atoms with van der Waals surface area (Å²) in [4.78, 5) is 22.3. The van der Waals surface area contributed by atoms with E-state index in [-0.39, 0.29) is 5.91 Å². The molecule has 2 aliphatic rings. The Labute approximate surface area is 188 Å². The van der Waals surface area contributed by atoms with E-state index in [4.69, 9.17) is 9.73 Å². The number of carbonyl (C=O) groups excluding carboxylic acids is 1. The molecule has 3 aromatic rings. The Morgan fingerprint density at radius 2 is 1.59 bits per heavy atom. The van der Waals surface area contributed by atoms with Crippen LogP contribution in [0.25, 0.3) is 0 Å². The number of para-hydroxylation sites is 1. The van der Waals surface area contributed by atoms with Crippen LogP contribution in [0.5, 0.6) is 5.75 Å². The average Bonchev–Trinajstić information content (AvgIpc) is 3.16. The van der Waals surface area contributed by atoms with Crippen LogP contribution in [0.4, 0.5) is 5.69 Å². The van der Waals surface area contributed by atoms with Gasteiger partial charge in [-0.3, -0.25) is 9.69 Å². The number of benzene rings is 3. The lowest BCUT2D eigenvalue weighted by atomic mass is 10.0. The highest BCUT2D eigenvalue weighted by Gasteiger charge is 2.36. The predicted octanol–water partition coefficient (Wildman–Crippen LogP) is 4.45. The van der Waals surface area contributed by atoms with E-state index in [1.807, 2.05) is 65.6 Å². The third kappa shape index (κ3) is 4.02. The minimum Gasteiger partial charge on any atom is -0.497 e. The number of carbonyl (C=O) groups is 1. The topological polar surface area (TPSA) is 45.1 Å². The summed E-state index contributed by atoms with van der Waals surface area (Å²) in [5, 5.41) is 0. The van der Waals surface area contributed by atoms with Gasteiger partial charge < -0.3 is 9.64 Å². The number of methoxy groups -OCH3 is 1. The van der Waals surface area contributed by atoms with Gasteiger partial charge in [0.1, 0.15) is 24.0 Å². The van der Waals surface area contributed by atoms with Crippen LogP contribution in [-0.2, 0) is 17.6 Å². The molecule has 1 amide bonds. The Kier molecular flexibility index (Phi) is 5.46. The largest absolute Gasteiger partial charge is 0.497 e. The zero-order chi connectivity index (χ0) is 21.9. The average molecular weight is 424 g/mol. The van der Waals surface area contributed by atoms with E-state index in [9.17, 15) is 4.79 Å². The lowest BCUT2D eigenvalue weighted by Gasteiger charge is -2.36. The highest BCUT2D eigenvalue weighted by Crippen LogP contribution is 2.31. The monoisotopic (exact) mass is 423 g/mol. The van der Waals surface area contributed by atoms with Gasteiger partial charge in [0.2, 0.25) is 0 Å². The van der Waals surface area contributed by atoms with Crippen molar-refractivity contribution in [3.63, 3.8) is 0 Å². The van der Waals surface area contributed by atoms with Crippen molar-refractivity contribution < 1.29 is 9.53 Å². The first-order chi connectivity index (χ1) is 15.7. The van der Waals surface area contributed by atoms with E-state index in [0.717, 1.165) is 41.4 Å². The van der Waals surface area contributed by atoms with E-state index in [0.29, 0.717) is 18.8 Å². The first-order valence-electron chi connectivity index (χ1n) is 10.8. The fraction of sp³-hybridized carbons (Fsp3) is 0.185. The minimum atomic E-state index is -0.0194. The van der Waals surface area contributed by atoms with Crippen molar-refractivity contribution in [1.29, 1.82) is 0 Å². The highest BCUT2D eigenvalue weighted by molar-refractivity contribution is 6.41. The number of fused-ring (bicyclic) bond motifs is 1. The Morgan fingerprint density at radius 1 is 0.875 bits per heavy atom. The molecule has 0 bridgehead atoms. The van der Waals surface area contributed by atoms with E-state index in [1.165, 1.54) is 5.56 Å². The second kappa shape index (κ2) is 8.71. The molecule has 5 nitrogen and oxygen atoms in total. The highest BCUT2D eigenvalue weighted by atomic mass is 16.5. The van der Waals surface area contributed by atoms with Crippen molar-refractivity contribution in [3.05, 3.63) is 107 Å². The molecular formula is C27H25N3O2. The van der Waals surface area contributed by atoms with Gasteiger partial charge >= 0.3 is 0 Å². The van der Waals surface area contributed by atoms with Gasteiger partial charge in [0, 0.05) is 18.7 Å². The first-order valence-corrected chi connectivity index (χ1v) is 10.8. The van der Waals surface area contributed by atoms with Crippen LogP contribution in [0.2, 0.25) is 0 Å². The normalized spacial score (nSPS) is 15.7. The molecule has 2 aliphatic heterocycles. The van der Waals surface area contributed by atoms with Crippen LogP contribution in [0.15, 0.2) is 101 Å². The van der Waals surface area contributed by atoms with Crippen LogP contribution >= 0.6 is 0 Å². The molecule has 3 aromatic carbocycles. The van der Waals surface area contributed by atoms with Crippen LogP contribution in [0.3, 0.4) is 0 Å². The predicted molar refractivity (Wildman–Crippen MR) is 127 cm³/mol. The maximum atomic E-state index is 13.4. The summed E-state index contributed by atoms with van der Waals surface area (Å²) in [6, 6.07) is 28.4. The summed E-state index contributed by atoms with van der Waals surface area (Å²) in [6.07, 6.45) is 1.25. The number of hydrogen-bond donors (Lipinski definition) is 0. The molecule has 0 aromatic heterocycles. The number of anilines is 1. The van der Waals surface area contributed by atoms with Crippen LogP contribution in [-0.4, -0.2) is 36.8 Å². The Bertz CT molecular complexity index is 1190. The molecule has 0 unspecified atom stereocenters. The van der Waals surface area contributed by atoms with Gasteiger partial charge in [0.25, 0.3) is 5.91 Å². The summed E-state index contributed by atoms with van der Waals surface area (Å²) in [6.45, 7) is 1.25. The molecule has 0 aliphatic carbocycles. The van der Waals surface area contributed by atoms with Crippen molar-refractivity contribution in [1.82, 2.24) is 4.90 Å². The zero-order valence-electron chi connectivity index (χ0n) is 18.1. The molecule has 0 N–H and O–H groups in total. The van der Waals surface area contributed by atoms with Gasteiger partial charge in [-0.05, 0) is 47.4 Å². The van der Waals surface area contributed by atoms with Gasteiger partial charge in [-0.15, -0.1) is 0 Å². The Hall–Kier alpha value is -3.86. The third-order valence-corrected chi connectivity index (χ3v) is 5.89. The fourth-order valence-electron chi connectivity index (χ4n) is 4.29. The summed E-state index contributed by atoms with van der Waals surface area (Å²) in [7, 11) is 1.65. The Balaban J connectivity index is 1.48. The molecule has 0 atom stereocenters. The minimum absolute atomic E-state index is 0.0194. The molecule has 0 saturated heterocycles. The smallest absolute Gasteiger partial charge is 0.275 e. The molecule has 0 radical (unpaired) electrons. The number of ether oxygens (including phenoxy) is 1. The lowest BCUT2D eigenvalue weighted by molar-refractivity contribution is -0.121. The van der Waals surface area contributed by atoms with Gasteiger partial charge in [0.15, 0.2) is 0 Å². The molecule has 0 spiro atoms. The summed E-state index contributed by atoms with van der Waals surface area (Å²) >= 11 is 0. The van der Waals surface area contributed by atoms with Crippen molar-refractivity contribution in [2.45, 2.75) is 12.8 Å². The SMILES string of the molecule is COc1cccc(CC2=NC3=C(Cc4ccccc4)CN(c4ccccc4)CN3C2=O)c1. The number of amides is 1. The number of aliphatic imine (C=N–C) groups is 1. The quantitative estimate of drug-likeness (QED) is 0.588. The maximum Gasteiger partial charge on any atom is 0.275 e. The van der Waals surface area contributed by atoms with Gasteiger partial charge in [-0.25, -0.2) is 4.99 Å². The lowest BCUT2D eigenvalue weighted by Crippen LogP contribution is -2.45. The summed E-state index contributed by atoms with van der Waals surface area (Å²) in [5.41, 5.74) is 5.07. The van der Waals surface area contributed by atoms with Gasteiger partial charge in [-0.1, -0.05) is 60.7 Å². The number of nitrogens with zero attached hydrogens (tertiary/aromatic N) is 3. The maximum absolute atomic E-state index is 13.4. The standard InChI is InChI=1S/C27H25N3O2/c1-32-24-14-8-11-21(16-24)17-25-27(31)30-19-29(23-12-6-3-7-13-23)18-22(26(30)28-25)15-20-9-4-2-5-10-20/h2-14,16H,15,17-19H2,1H3. The molecule has 2 heterocycles. The summed E-state index contributed by atoms with van der Waals surface area (Å²) < 4.78 is 5.34. The molecule has 160 valence electrons. The van der Waals surface area contributed by atoms with Crippen LogP contribution in [0, 0.1) is 0 Å². The zero-order valence-corrected chi connectivity index (χ0v) is 18.1. The molecule has 0 saturated carbocycles. The van der Waals surface area contributed by atoms with Crippen LogP contribution < -0.4 is 9.64 Å². The van der Waals surface area contributed by atoms with Crippen molar-refractivity contribution in [3.8, 4) is 5.75 Å². The Morgan fingerprint density at radius 3 is 2.34 bits per heavy atom. The van der Waals surface area contributed by atoms with Gasteiger partial charge in [0.05, 0.1) is 7.11 Å². The molecule has 5 rings (SSSR count). The van der Waals surface area contributed by atoms with E-state index in [2.05, 4.69) is 29.2 Å². The molecule has 32 heavy (non-hydrogen) atoms. The first kappa shape index (κ1) is 20.1. The third-order valence-electron chi connectivity index (χ3n) is 5.89. The van der Waals surface area contributed by atoms with E-state index >= 15 is 0 Å².